The number of piperazine rings is 1. The highest BCUT2D eigenvalue weighted by Gasteiger charge is 2.34. The van der Waals surface area contributed by atoms with Crippen molar-refractivity contribution >= 4 is 27.5 Å². The van der Waals surface area contributed by atoms with Gasteiger partial charge in [0.25, 0.3) is 0 Å². The van der Waals surface area contributed by atoms with Crippen molar-refractivity contribution in [3.8, 4) is 5.69 Å². The zero-order valence-electron chi connectivity index (χ0n) is 16.5. The Labute approximate surface area is 176 Å². The third-order valence-electron chi connectivity index (χ3n) is 5.70. The van der Waals surface area contributed by atoms with Crippen LogP contribution in [0.4, 0.5) is 0 Å². The monoisotopic (exact) mass is 434 g/mol. The topological polar surface area (TPSA) is 75.5 Å². The highest BCUT2D eigenvalue weighted by atomic mass is 32.2. The largest absolute Gasteiger partial charge is 0.339 e. The molecule has 1 aromatic heterocycles. The molecular weight excluding hydrogens is 408 g/mol. The van der Waals surface area contributed by atoms with Gasteiger partial charge in [-0.15, -0.1) is 0 Å². The van der Waals surface area contributed by atoms with Gasteiger partial charge in [-0.25, -0.2) is 13.4 Å². The number of hydrogen-bond donors (Lipinski definition) is 0. The fourth-order valence-corrected chi connectivity index (χ4v) is 6.66. The van der Waals surface area contributed by atoms with Crippen LogP contribution < -0.4 is 0 Å². The van der Waals surface area contributed by atoms with Crippen molar-refractivity contribution in [3.63, 3.8) is 0 Å². The van der Waals surface area contributed by atoms with Crippen LogP contribution in [0.5, 0.6) is 0 Å². The Hall–Kier alpha value is -1.84. The van der Waals surface area contributed by atoms with E-state index < -0.39 is 9.84 Å². The third-order valence-corrected chi connectivity index (χ3v) is 8.40. The lowest BCUT2D eigenvalue weighted by Crippen LogP contribution is -2.52. The average Bonchev–Trinajstić information content (AvgIpc) is 3.32. The second-order valence-corrected chi connectivity index (χ2v) is 10.8. The number of thioether (sulfide) groups is 1. The Kier molecular flexibility index (Phi) is 5.98. The number of benzene rings is 1. The van der Waals surface area contributed by atoms with Crippen molar-refractivity contribution < 1.29 is 13.2 Å². The van der Waals surface area contributed by atoms with Crippen LogP contribution >= 0.6 is 11.8 Å². The van der Waals surface area contributed by atoms with Crippen LogP contribution in [-0.4, -0.2) is 83.2 Å². The van der Waals surface area contributed by atoms with Crippen LogP contribution in [0, 0.1) is 6.92 Å². The molecule has 1 aromatic carbocycles. The van der Waals surface area contributed by atoms with Crippen LogP contribution in [0.3, 0.4) is 0 Å². The number of sulfone groups is 1. The molecule has 2 aliphatic rings. The number of carbonyl (C=O) groups is 1. The molecule has 7 nitrogen and oxygen atoms in total. The Morgan fingerprint density at radius 3 is 2.66 bits per heavy atom. The van der Waals surface area contributed by atoms with Gasteiger partial charge in [0, 0.05) is 44.6 Å². The molecule has 0 aliphatic carbocycles. The van der Waals surface area contributed by atoms with E-state index in [2.05, 4.69) is 22.9 Å². The zero-order chi connectivity index (χ0) is 20.4. The van der Waals surface area contributed by atoms with Gasteiger partial charge in [0.05, 0.1) is 22.9 Å². The van der Waals surface area contributed by atoms with Gasteiger partial charge in [0.2, 0.25) is 5.91 Å². The van der Waals surface area contributed by atoms with E-state index >= 15 is 0 Å². The van der Waals surface area contributed by atoms with Gasteiger partial charge in [-0.05, 0) is 25.0 Å². The lowest BCUT2D eigenvalue weighted by atomic mass is 10.2. The van der Waals surface area contributed by atoms with Gasteiger partial charge in [0.15, 0.2) is 15.0 Å². The summed E-state index contributed by atoms with van der Waals surface area (Å²) in [7, 11) is -2.87. The first-order valence-electron chi connectivity index (χ1n) is 9.87. The minimum Gasteiger partial charge on any atom is -0.339 e. The molecular formula is C20H26N4O3S2. The Bertz CT molecular complexity index is 981. The van der Waals surface area contributed by atoms with E-state index in [1.165, 1.54) is 11.8 Å². The van der Waals surface area contributed by atoms with Gasteiger partial charge in [-0.1, -0.05) is 30.0 Å². The number of imidazole rings is 1. The number of aromatic nitrogens is 2. The van der Waals surface area contributed by atoms with Crippen molar-refractivity contribution in [2.75, 3.05) is 43.4 Å². The summed E-state index contributed by atoms with van der Waals surface area (Å²) in [5.74, 6) is 1.01. The van der Waals surface area contributed by atoms with E-state index in [9.17, 15) is 13.2 Å². The average molecular weight is 435 g/mol. The van der Waals surface area contributed by atoms with E-state index in [4.69, 9.17) is 0 Å². The molecule has 2 aliphatic heterocycles. The van der Waals surface area contributed by atoms with Crippen molar-refractivity contribution in [1.29, 1.82) is 0 Å². The highest BCUT2D eigenvalue weighted by Crippen LogP contribution is 2.24. The van der Waals surface area contributed by atoms with Crippen LogP contribution in [0.1, 0.15) is 12.0 Å². The van der Waals surface area contributed by atoms with Gasteiger partial charge in [-0.2, -0.15) is 0 Å². The van der Waals surface area contributed by atoms with Gasteiger partial charge in [-0.3, -0.25) is 14.3 Å². The molecule has 0 bridgehead atoms. The number of amides is 1. The molecule has 0 spiro atoms. The molecule has 0 saturated carbocycles. The van der Waals surface area contributed by atoms with Crippen LogP contribution in [0.15, 0.2) is 41.8 Å². The predicted octanol–water partition coefficient (Wildman–Crippen LogP) is 1.60. The van der Waals surface area contributed by atoms with Crippen molar-refractivity contribution in [1.82, 2.24) is 19.4 Å². The van der Waals surface area contributed by atoms with E-state index in [0.717, 1.165) is 29.5 Å². The summed E-state index contributed by atoms with van der Waals surface area (Å²) in [5.41, 5.74) is 2.23. The molecule has 2 aromatic rings. The highest BCUT2D eigenvalue weighted by molar-refractivity contribution is 7.99. The predicted molar refractivity (Wildman–Crippen MR) is 114 cm³/mol. The molecule has 29 heavy (non-hydrogen) atoms. The molecule has 1 atom stereocenters. The standard InChI is InChI=1S/C20H26N4O3S2/c1-16-4-2-3-5-18(16)24-8-7-21-20(24)28-14-19(25)23-11-9-22(10-12-23)17-6-13-29(26,27)15-17/h2-5,7-8,17H,6,9-15H2,1H3. The summed E-state index contributed by atoms with van der Waals surface area (Å²) < 4.78 is 25.4. The fraction of sp³-hybridized carbons (Fsp3) is 0.500. The zero-order valence-corrected chi connectivity index (χ0v) is 18.2. The number of para-hydroxylation sites is 1. The lowest BCUT2D eigenvalue weighted by molar-refractivity contribution is -0.130. The van der Waals surface area contributed by atoms with Crippen LogP contribution in [0.2, 0.25) is 0 Å². The SMILES string of the molecule is Cc1ccccc1-n1ccnc1SCC(=O)N1CCN(C2CCS(=O)(=O)C2)CC1. The fourth-order valence-electron chi connectivity index (χ4n) is 4.03. The van der Waals surface area contributed by atoms with Crippen molar-refractivity contribution in [2.24, 2.45) is 0 Å². The molecule has 9 heteroatoms. The normalized spacial score (nSPS) is 22.1. The third kappa shape index (κ3) is 4.67. The first kappa shape index (κ1) is 20.4. The van der Waals surface area contributed by atoms with E-state index in [1.807, 2.05) is 33.9 Å². The Morgan fingerprint density at radius 1 is 1.21 bits per heavy atom. The molecule has 2 fully saturated rings. The minimum atomic E-state index is -2.87. The van der Waals surface area contributed by atoms with E-state index in [0.29, 0.717) is 31.0 Å². The molecule has 4 rings (SSSR count). The maximum absolute atomic E-state index is 12.7. The first-order chi connectivity index (χ1) is 13.9. The van der Waals surface area contributed by atoms with E-state index in [-0.39, 0.29) is 17.7 Å². The molecule has 3 heterocycles. The number of aryl methyl sites for hydroxylation is 1. The smallest absolute Gasteiger partial charge is 0.233 e. The summed E-state index contributed by atoms with van der Waals surface area (Å²) in [4.78, 5) is 21.2. The second kappa shape index (κ2) is 8.49. The number of nitrogens with zero attached hydrogens (tertiary/aromatic N) is 4. The number of hydrogen-bond acceptors (Lipinski definition) is 6. The first-order valence-corrected chi connectivity index (χ1v) is 12.7. The van der Waals surface area contributed by atoms with Crippen LogP contribution in [-0.2, 0) is 14.6 Å². The molecule has 1 unspecified atom stereocenters. The molecule has 1 amide bonds. The molecule has 2 saturated heterocycles. The lowest BCUT2D eigenvalue weighted by Gasteiger charge is -2.37. The van der Waals surface area contributed by atoms with Gasteiger partial charge in [0.1, 0.15) is 0 Å². The summed E-state index contributed by atoms with van der Waals surface area (Å²) in [5, 5.41) is 0.808. The maximum Gasteiger partial charge on any atom is 0.233 e. The Morgan fingerprint density at radius 2 is 1.97 bits per heavy atom. The van der Waals surface area contributed by atoms with Gasteiger partial charge >= 0.3 is 0 Å². The maximum atomic E-state index is 12.7. The second-order valence-electron chi connectivity index (χ2n) is 7.63. The van der Waals surface area contributed by atoms with Crippen molar-refractivity contribution in [2.45, 2.75) is 24.5 Å². The summed E-state index contributed by atoms with van der Waals surface area (Å²) >= 11 is 1.45. The minimum absolute atomic E-state index is 0.105. The quantitative estimate of drug-likeness (QED) is 0.666. The number of rotatable bonds is 5. The molecule has 0 radical (unpaired) electrons. The number of carbonyl (C=O) groups excluding carboxylic acids is 1. The Balaban J connectivity index is 1.31. The van der Waals surface area contributed by atoms with Crippen LogP contribution in [0.25, 0.3) is 5.69 Å². The summed E-state index contributed by atoms with van der Waals surface area (Å²) in [6.07, 6.45) is 4.39. The molecule has 156 valence electrons. The molecule has 0 N–H and O–H groups in total. The van der Waals surface area contributed by atoms with Crippen molar-refractivity contribution in [3.05, 3.63) is 42.2 Å². The van der Waals surface area contributed by atoms with E-state index in [1.54, 1.807) is 6.20 Å². The van der Waals surface area contributed by atoms with Gasteiger partial charge < -0.3 is 4.90 Å². The summed E-state index contributed by atoms with van der Waals surface area (Å²) in [6, 6.07) is 8.23. The summed E-state index contributed by atoms with van der Waals surface area (Å²) in [6.45, 7) is 4.86.